The van der Waals surface area contributed by atoms with Crippen molar-refractivity contribution in [3.8, 4) is 5.75 Å². The second kappa shape index (κ2) is 19.3. The van der Waals surface area contributed by atoms with Gasteiger partial charge in [0.1, 0.15) is 5.75 Å². The summed E-state index contributed by atoms with van der Waals surface area (Å²) in [6.07, 6.45) is 15.5. The number of esters is 1. The maximum Gasteiger partial charge on any atom is 0.344 e. The first kappa shape index (κ1) is 31.5. The molecule has 0 bridgehead atoms. The number of benzene rings is 2. The Balaban J connectivity index is 1.54. The number of hydrogen-bond acceptors (Lipinski definition) is 5. The van der Waals surface area contributed by atoms with Crippen molar-refractivity contribution < 1.29 is 19.1 Å². The van der Waals surface area contributed by atoms with Gasteiger partial charge in [-0.15, -0.1) is 0 Å². The van der Waals surface area contributed by atoms with Gasteiger partial charge in [-0.1, -0.05) is 83.3 Å². The zero-order valence-electron chi connectivity index (χ0n) is 22.3. The van der Waals surface area contributed by atoms with Gasteiger partial charge in [-0.2, -0.15) is 5.10 Å². The fraction of sp³-hybridized carbons (Fsp3) is 0.467. The Hall–Kier alpha value is -2.75. The van der Waals surface area contributed by atoms with E-state index in [4.69, 9.17) is 4.74 Å². The molecule has 0 saturated carbocycles. The van der Waals surface area contributed by atoms with Crippen molar-refractivity contribution in [2.75, 3.05) is 6.54 Å². The van der Waals surface area contributed by atoms with E-state index in [-0.39, 0.29) is 12.5 Å². The Morgan fingerprint density at radius 3 is 2.05 bits per heavy atom. The molecule has 0 unspecified atom stereocenters. The first-order valence-electron chi connectivity index (χ1n) is 13.6. The van der Waals surface area contributed by atoms with E-state index in [1.807, 2.05) is 12.1 Å². The van der Waals surface area contributed by atoms with Crippen LogP contribution in [-0.2, 0) is 9.59 Å². The van der Waals surface area contributed by atoms with Crippen molar-refractivity contribution in [3.05, 3.63) is 63.2 Å². The number of carbonyl (C=O) groups excluding carboxylic acids is 3. The van der Waals surface area contributed by atoms with E-state index in [1.54, 1.807) is 36.4 Å². The average Bonchev–Trinajstić information content (AvgIpc) is 2.91. The monoisotopic (exact) mass is 633 g/mol. The number of hydrogen-bond donors (Lipinski definition) is 2. The highest BCUT2D eigenvalue weighted by molar-refractivity contribution is 14.1. The zero-order valence-corrected chi connectivity index (χ0v) is 24.5. The molecule has 0 aliphatic heterocycles. The molecular formula is C30H40IN3O4. The van der Waals surface area contributed by atoms with E-state index in [0.29, 0.717) is 17.7 Å². The lowest BCUT2D eigenvalue weighted by Crippen LogP contribution is -2.34. The van der Waals surface area contributed by atoms with Gasteiger partial charge >= 0.3 is 5.97 Å². The maximum absolute atomic E-state index is 12.3. The van der Waals surface area contributed by atoms with Gasteiger partial charge in [-0.3, -0.25) is 9.59 Å². The van der Waals surface area contributed by atoms with Crippen LogP contribution in [0.2, 0.25) is 0 Å². The molecule has 0 aliphatic carbocycles. The number of unbranched alkanes of at least 4 members (excludes halogenated alkanes) is 10. The lowest BCUT2D eigenvalue weighted by atomic mass is 10.1. The topological polar surface area (TPSA) is 96.9 Å². The highest BCUT2D eigenvalue weighted by Crippen LogP contribution is 2.17. The van der Waals surface area contributed by atoms with E-state index in [2.05, 4.69) is 45.4 Å². The highest BCUT2D eigenvalue weighted by atomic mass is 127. The Bertz CT molecular complexity index is 1020. The fourth-order valence-corrected chi connectivity index (χ4v) is 4.45. The third-order valence-electron chi connectivity index (χ3n) is 6.04. The Morgan fingerprint density at radius 1 is 0.816 bits per heavy atom. The van der Waals surface area contributed by atoms with Crippen molar-refractivity contribution in [1.82, 2.24) is 10.7 Å². The molecule has 0 spiro atoms. The molecule has 0 aromatic heterocycles. The molecule has 0 atom stereocenters. The molecule has 2 aromatic carbocycles. The zero-order chi connectivity index (χ0) is 27.4. The molecule has 2 rings (SSSR count). The van der Waals surface area contributed by atoms with E-state index >= 15 is 0 Å². The number of amides is 2. The lowest BCUT2D eigenvalue weighted by molar-refractivity contribution is -0.126. The number of hydrazone groups is 1. The van der Waals surface area contributed by atoms with Gasteiger partial charge in [0.2, 0.25) is 5.91 Å². The minimum absolute atomic E-state index is 0.110. The molecule has 38 heavy (non-hydrogen) atoms. The summed E-state index contributed by atoms with van der Waals surface area (Å²) in [5, 5.41) is 6.55. The van der Waals surface area contributed by atoms with Crippen LogP contribution in [-0.4, -0.2) is 30.5 Å². The summed E-state index contributed by atoms with van der Waals surface area (Å²) in [7, 11) is 0. The van der Waals surface area contributed by atoms with Crippen molar-refractivity contribution >= 4 is 46.6 Å². The SMILES string of the molecule is CCCCCCCCCCCCCC(=O)NCC(=O)N/N=C/c1ccc(OC(=O)c2ccccc2I)cc1. The first-order valence-corrected chi connectivity index (χ1v) is 14.7. The van der Waals surface area contributed by atoms with Gasteiger partial charge in [0.05, 0.1) is 18.3 Å². The number of halogens is 1. The van der Waals surface area contributed by atoms with Crippen LogP contribution in [0.4, 0.5) is 0 Å². The normalized spacial score (nSPS) is 10.9. The number of carbonyl (C=O) groups is 3. The van der Waals surface area contributed by atoms with Crippen molar-refractivity contribution in [1.29, 1.82) is 0 Å². The number of ether oxygens (including phenoxy) is 1. The third kappa shape index (κ3) is 13.7. The van der Waals surface area contributed by atoms with Gasteiger partial charge in [0.15, 0.2) is 0 Å². The van der Waals surface area contributed by atoms with Crippen LogP contribution < -0.4 is 15.5 Å². The Kier molecular flexibility index (Phi) is 16.0. The number of nitrogens with zero attached hydrogens (tertiary/aromatic N) is 1. The summed E-state index contributed by atoms with van der Waals surface area (Å²) in [5.74, 6) is -0.516. The maximum atomic E-state index is 12.3. The van der Waals surface area contributed by atoms with Crippen LogP contribution in [0.5, 0.6) is 5.75 Å². The second-order valence-corrected chi connectivity index (χ2v) is 10.5. The summed E-state index contributed by atoms with van der Waals surface area (Å²) < 4.78 is 6.23. The summed E-state index contributed by atoms with van der Waals surface area (Å²) in [6.45, 7) is 2.13. The molecule has 206 valence electrons. The molecule has 0 fully saturated rings. The largest absolute Gasteiger partial charge is 0.423 e. The molecular weight excluding hydrogens is 593 g/mol. The van der Waals surface area contributed by atoms with Crippen molar-refractivity contribution in [2.45, 2.75) is 84.0 Å². The minimum Gasteiger partial charge on any atom is -0.423 e. The lowest BCUT2D eigenvalue weighted by Gasteiger charge is -2.06. The predicted octanol–water partition coefficient (Wildman–Crippen LogP) is 6.78. The van der Waals surface area contributed by atoms with Crippen molar-refractivity contribution in [3.63, 3.8) is 0 Å². The van der Waals surface area contributed by atoms with E-state index in [0.717, 1.165) is 28.4 Å². The van der Waals surface area contributed by atoms with Crippen LogP contribution in [0.25, 0.3) is 0 Å². The van der Waals surface area contributed by atoms with Crippen LogP contribution >= 0.6 is 22.6 Å². The average molecular weight is 634 g/mol. The fourth-order valence-electron chi connectivity index (χ4n) is 3.85. The van der Waals surface area contributed by atoms with Crippen LogP contribution in [0.1, 0.15) is 99.9 Å². The smallest absolute Gasteiger partial charge is 0.344 e. The number of nitrogens with one attached hydrogen (secondary N) is 2. The van der Waals surface area contributed by atoms with Gasteiger partial charge in [-0.25, -0.2) is 10.2 Å². The van der Waals surface area contributed by atoms with Crippen LogP contribution in [0.15, 0.2) is 53.6 Å². The summed E-state index contributed by atoms with van der Waals surface area (Å²) in [5.41, 5.74) is 3.63. The van der Waals surface area contributed by atoms with E-state index in [9.17, 15) is 14.4 Å². The Morgan fingerprint density at radius 2 is 1.42 bits per heavy atom. The summed E-state index contributed by atoms with van der Waals surface area (Å²) >= 11 is 2.09. The molecule has 0 saturated heterocycles. The Labute approximate surface area is 240 Å². The molecule has 7 nitrogen and oxygen atoms in total. The highest BCUT2D eigenvalue weighted by Gasteiger charge is 2.11. The molecule has 0 heterocycles. The first-order chi connectivity index (χ1) is 18.5. The molecule has 0 aliphatic rings. The number of rotatable bonds is 18. The minimum atomic E-state index is -0.422. The molecule has 0 radical (unpaired) electrons. The van der Waals surface area contributed by atoms with Gasteiger partial charge in [0.25, 0.3) is 5.91 Å². The van der Waals surface area contributed by atoms with Crippen LogP contribution in [0.3, 0.4) is 0 Å². The summed E-state index contributed by atoms with van der Waals surface area (Å²) in [6, 6.07) is 14.0. The van der Waals surface area contributed by atoms with Crippen molar-refractivity contribution in [2.24, 2.45) is 5.10 Å². The molecule has 2 amide bonds. The van der Waals surface area contributed by atoms with Gasteiger partial charge in [-0.05, 0) is 71.0 Å². The second-order valence-electron chi connectivity index (χ2n) is 9.29. The molecule has 2 N–H and O–H groups in total. The van der Waals surface area contributed by atoms with Crippen LogP contribution in [0, 0.1) is 3.57 Å². The summed E-state index contributed by atoms with van der Waals surface area (Å²) in [4.78, 5) is 36.2. The van der Waals surface area contributed by atoms with Gasteiger partial charge < -0.3 is 10.1 Å². The van der Waals surface area contributed by atoms with E-state index < -0.39 is 11.9 Å². The standard InChI is InChI=1S/C30H40IN3O4/c1-2-3-4-5-6-7-8-9-10-11-12-17-28(35)32-23-29(36)34-33-22-24-18-20-25(21-19-24)38-30(37)26-15-13-14-16-27(26)31/h13-16,18-22H,2-12,17,23H2,1H3,(H,32,35)(H,34,36)/b33-22+. The third-order valence-corrected chi connectivity index (χ3v) is 6.98. The van der Waals surface area contributed by atoms with E-state index in [1.165, 1.54) is 57.6 Å². The van der Waals surface area contributed by atoms with Gasteiger partial charge in [0, 0.05) is 9.99 Å². The predicted molar refractivity (Wildman–Crippen MR) is 160 cm³/mol. The quantitative estimate of drug-likeness (QED) is 0.0473. The molecule has 8 heteroatoms. The molecule has 2 aromatic rings.